The second-order valence-corrected chi connectivity index (χ2v) is 5.66. The van der Waals surface area contributed by atoms with Gasteiger partial charge in [-0.05, 0) is 31.6 Å². The van der Waals surface area contributed by atoms with Gasteiger partial charge in [0.2, 0.25) is 5.91 Å². The summed E-state index contributed by atoms with van der Waals surface area (Å²) in [6.07, 6.45) is 2.90. The van der Waals surface area contributed by atoms with Crippen molar-refractivity contribution in [1.82, 2.24) is 5.32 Å². The highest BCUT2D eigenvalue weighted by Gasteiger charge is 2.13. The molecule has 1 atom stereocenters. The van der Waals surface area contributed by atoms with Gasteiger partial charge < -0.3 is 10.1 Å². The average Bonchev–Trinajstić information content (AvgIpc) is 2.60. The lowest BCUT2D eigenvalue weighted by Gasteiger charge is -2.17. The number of ether oxygens (including phenoxy) is 1. The Bertz CT molecular complexity index is 815. The van der Waals surface area contributed by atoms with Crippen LogP contribution in [-0.4, -0.2) is 17.9 Å². The van der Waals surface area contributed by atoms with E-state index in [4.69, 9.17) is 4.74 Å². The molecular formula is C19H20N2O4. The number of hydrogen-bond acceptors (Lipinski definition) is 4. The Morgan fingerprint density at radius 3 is 2.72 bits per heavy atom. The van der Waals surface area contributed by atoms with Crippen LogP contribution in [-0.2, 0) is 4.79 Å². The van der Waals surface area contributed by atoms with E-state index in [2.05, 4.69) is 5.32 Å². The highest BCUT2D eigenvalue weighted by atomic mass is 16.6. The van der Waals surface area contributed by atoms with E-state index >= 15 is 0 Å². The van der Waals surface area contributed by atoms with E-state index in [0.29, 0.717) is 11.3 Å². The van der Waals surface area contributed by atoms with Gasteiger partial charge in [0.25, 0.3) is 5.69 Å². The van der Waals surface area contributed by atoms with Gasteiger partial charge in [-0.25, -0.2) is 0 Å². The van der Waals surface area contributed by atoms with E-state index in [0.717, 1.165) is 11.1 Å². The minimum atomic E-state index is -0.469. The zero-order valence-corrected chi connectivity index (χ0v) is 14.4. The van der Waals surface area contributed by atoms with Gasteiger partial charge in [-0.1, -0.05) is 29.8 Å². The number of benzene rings is 2. The minimum Gasteiger partial charge on any atom is -0.496 e. The fourth-order valence-corrected chi connectivity index (χ4v) is 2.45. The Morgan fingerprint density at radius 2 is 2.04 bits per heavy atom. The first-order valence-corrected chi connectivity index (χ1v) is 7.78. The zero-order chi connectivity index (χ0) is 18.4. The van der Waals surface area contributed by atoms with Crippen LogP contribution >= 0.6 is 0 Å². The van der Waals surface area contributed by atoms with Crippen molar-refractivity contribution in [3.63, 3.8) is 0 Å². The fourth-order valence-electron chi connectivity index (χ4n) is 2.45. The maximum atomic E-state index is 12.1. The van der Waals surface area contributed by atoms with Gasteiger partial charge in [-0.2, -0.15) is 0 Å². The van der Waals surface area contributed by atoms with Crippen LogP contribution in [0.5, 0.6) is 5.75 Å². The van der Waals surface area contributed by atoms with E-state index in [1.54, 1.807) is 25.3 Å². The molecule has 0 saturated carbocycles. The predicted octanol–water partition coefficient (Wildman–Crippen LogP) is 3.80. The molecule has 6 nitrogen and oxygen atoms in total. The maximum Gasteiger partial charge on any atom is 0.270 e. The predicted molar refractivity (Wildman–Crippen MR) is 96.4 cm³/mol. The van der Waals surface area contributed by atoms with Crippen molar-refractivity contribution >= 4 is 17.7 Å². The summed E-state index contributed by atoms with van der Waals surface area (Å²) in [5.74, 6) is 0.420. The molecule has 0 spiro atoms. The summed E-state index contributed by atoms with van der Waals surface area (Å²) in [6.45, 7) is 3.84. The lowest BCUT2D eigenvalue weighted by Crippen LogP contribution is -2.25. The summed E-state index contributed by atoms with van der Waals surface area (Å²) >= 11 is 0. The molecular weight excluding hydrogens is 320 g/mol. The zero-order valence-electron chi connectivity index (χ0n) is 14.4. The van der Waals surface area contributed by atoms with Gasteiger partial charge in [0.05, 0.1) is 18.1 Å². The normalized spacial score (nSPS) is 12.0. The molecule has 2 aromatic rings. The second-order valence-electron chi connectivity index (χ2n) is 5.66. The molecule has 0 radical (unpaired) electrons. The summed E-state index contributed by atoms with van der Waals surface area (Å²) < 4.78 is 5.33. The maximum absolute atomic E-state index is 12.1. The van der Waals surface area contributed by atoms with Gasteiger partial charge in [0.1, 0.15) is 5.75 Å². The molecule has 6 heteroatoms. The first-order valence-electron chi connectivity index (χ1n) is 7.78. The summed E-state index contributed by atoms with van der Waals surface area (Å²) in [4.78, 5) is 22.4. The number of nitrogens with zero attached hydrogens (tertiary/aromatic N) is 1. The monoisotopic (exact) mass is 340 g/mol. The van der Waals surface area contributed by atoms with Crippen LogP contribution in [0.25, 0.3) is 6.08 Å². The van der Waals surface area contributed by atoms with Crippen molar-refractivity contribution in [3.05, 3.63) is 75.3 Å². The number of hydrogen-bond donors (Lipinski definition) is 1. The number of nitro benzene ring substituents is 1. The molecule has 0 saturated heterocycles. The largest absolute Gasteiger partial charge is 0.496 e. The van der Waals surface area contributed by atoms with Crippen LogP contribution in [0.1, 0.15) is 29.7 Å². The lowest BCUT2D eigenvalue weighted by atomic mass is 10.0. The van der Waals surface area contributed by atoms with E-state index in [9.17, 15) is 14.9 Å². The number of rotatable bonds is 6. The number of carbonyl (C=O) groups is 1. The Labute approximate surface area is 146 Å². The van der Waals surface area contributed by atoms with Gasteiger partial charge in [-0.3, -0.25) is 14.9 Å². The van der Waals surface area contributed by atoms with Crippen LogP contribution < -0.4 is 10.1 Å². The number of methoxy groups -OCH3 is 1. The molecule has 1 amide bonds. The van der Waals surface area contributed by atoms with Crippen LogP contribution in [0.15, 0.2) is 48.5 Å². The fraction of sp³-hybridized carbons (Fsp3) is 0.211. The van der Waals surface area contributed by atoms with E-state index in [1.807, 2.05) is 32.0 Å². The summed E-state index contributed by atoms with van der Waals surface area (Å²) in [7, 11) is 1.59. The molecule has 0 unspecified atom stereocenters. The molecule has 0 aliphatic carbocycles. The Balaban J connectivity index is 2.08. The summed E-state index contributed by atoms with van der Waals surface area (Å²) in [6, 6.07) is 11.6. The van der Waals surface area contributed by atoms with Crippen molar-refractivity contribution < 1.29 is 14.5 Å². The number of carbonyl (C=O) groups excluding carboxylic acids is 1. The molecule has 0 aliphatic rings. The van der Waals surface area contributed by atoms with Crippen molar-refractivity contribution in [3.8, 4) is 5.75 Å². The highest BCUT2D eigenvalue weighted by molar-refractivity contribution is 5.92. The number of aryl methyl sites for hydroxylation is 1. The van der Waals surface area contributed by atoms with Crippen LogP contribution in [0.4, 0.5) is 5.69 Å². The third-order valence-corrected chi connectivity index (χ3v) is 3.72. The van der Waals surface area contributed by atoms with Crippen LogP contribution in [0, 0.1) is 17.0 Å². The van der Waals surface area contributed by atoms with Crippen LogP contribution in [0.3, 0.4) is 0 Å². The third-order valence-electron chi connectivity index (χ3n) is 3.72. The van der Waals surface area contributed by atoms with Crippen molar-refractivity contribution in [2.45, 2.75) is 19.9 Å². The third kappa shape index (κ3) is 4.91. The molecule has 0 bridgehead atoms. The number of amides is 1. The number of nitro groups is 1. The van der Waals surface area contributed by atoms with Gasteiger partial charge in [0, 0.05) is 23.8 Å². The van der Waals surface area contributed by atoms with E-state index < -0.39 is 4.92 Å². The Kier molecular flexibility index (Phi) is 5.89. The highest BCUT2D eigenvalue weighted by Crippen LogP contribution is 2.26. The Hall–Kier alpha value is -3.15. The molecule has 0 heterocycles. The SMILES string of the molecule is COc1ccc(C)cc1[C@H](C)NC(=O)/C=C/c1cccc([N+](=O)[O-])c1. The van der Waals surface area contributed by atoms with Crippen molar-refractivity contribution in [2.75, 3.05) is 7.11 Å². The first-order chi connectivity index (χ1) is 11.9. The summed E-state index contributed by atoms with van der Waals surface area (Å²) in [5, 5.41) is 13.6. The minimum absolute atomic E-state index is 0.0135. The molecule has 2 aromatic carbocycles. The van der Waals surface area contributed by atoms with Gasteiger partial charge in [0.15, 0.2) is 0 Å². The molecule has 1 N–H and O–H groups in total. The first kappa shape index (κ1) is 18.2. The topological polar surface area (TPSA) is 81.5 Å². The number of non-ortho nitro benzene ring substituents is 1. The molecule has 0 aromatic heterocycles. The molecule has 0 fully saturated rings. The van der Waals surface area contributed by atoms with E-state index in [-0.39, 0.29) is 17.6 Å². The summed E-state index contributed by atoms with van der Waals surface area (Å²) in [5.41, 5.74) is 2.54. The lowest BCUT2D eigenvalue weighted by molar-refractivity contribution is -0.384. The second kappa shape index (κ2) is 8.10. The smallest absolute Gasteiger partial charge is 0.270 e. The number of nitrogens with one attached hydrogen (secondary N) is 1. The van der Waals surface area contributed by atoms with Crippen LogP contribution in [0.2, 0.25) is 0 Å². The van der Waals surface area contributed by atoms with Gasteiger partial charge in [-0.15, -0.1) is 0 Å². The standard InChI is InChI=1S/C19H20N2O4/c1-13-7-9-18(25-3)17(11-13)14(2)20-19(22)10-8-15-5-4-6-16(12-15)21(23)24/h4-12,14H,1-3H3,(H,20,22)/b10-8+/t14-/m0/s1. The van der Waals surface area contributed by atoms with E-state index in [1.165, 1.54) is 18.2 Å². The molecule has 25 heavy (non-hydrogen) atoms. The quantitative estimate of drug-likeness (QED) is 0.492. The van der Waals surface area contributed by atoms with Gasteiger partial charge >= 0.3 is 0 Å². The Morgan fingerprint density at radius 1 is 1.28 bits per heavy atom. The molecule has 130 valence electrons. The van der Waals surface area contributed by atoms with Crippen molar-refractivity contribution in [2.24, 2.45) is 0 Å². The van der Waals surface area contributed by atoms with Crippen molar-refractivity contribution in [1.29, 1.82) is 0 Å². The molecule has 2 rings (SSSR count). The molecule has 0 aliphatic heterocycles. The average molecular weight is 340 g/mol.